The Hall–Kier alpha value is -2.24. The molecule has 0 aliphatic carbocycles. The van der Waals surface area contributed by atoms with Crippen LogP contribution in [0.1, 0.15) is 40.5 Å². The second-order valence-corrected chi connectivity index (χ2v) is 5.89. The minimum absolute atomic E-state index is 0.00506. The predicted octanol–water partition coefficient (Wildman–Crippen LogP) is 1.90. The summed E-state index contributed by atoms with van der Waals surface area (Å²) in [4.78, 5) is 22.9. The van der Waals surface area contributed by atoms with E-state index in [2.05, 4.69) is 28.1 Å². The van der Waals surface area contributed by atoms with Crippen molar-refractivity contribution in [3.05, 3.63) is 41.2 Å². The van der Waals surface area contributed by atoms with Crippen molar-refractivity contribution in [3.63, 3.8) is 0 Å². The molecular weight excluding hydrogens is 278 g/mol. The third-order valence-electron chi connectivity index (χ3n) is 4.12. The summed E-state index contributed by atoms with van der Waals surface area (Å²) in [5.41, 5.74) is 2.63. The molecule has 0 spiro atoms. The van der Waals surface area contributed by atoms with Crippen LogP contribution < -0.4 is 0 Å². The molecule has 22 heavy (non-hydrogen) atoms. The molecule has 2 aromatic heterocycles. The van der Waals surface area contributed by atoms with Gasteiger partial charge in [-0.15, -0.1) is 0 Å². The van der Waals surface area contributed by atoms with Gasteiger partial charge in [0.1, 0.15) is 11.5 Å². The van der Waals surface area contributed by atoms with Crippen molar-refractivity contribution in [2.24, 2.45) is 0 Å². The molecule has 1 aliphatic heterocycles. The van der Waals surface area contributed by atoms with Gasteiger partial charge in [0.05, 0.1) is 18.3 Å². The van der Waals surface area contributed by atoms with E-state index in [4.69, 9.17) is 0 Å². The molecule has 2 aromatic rings. The van der Waals surface area contributed by atoms with E-state index in [0.29, 0.717) is 11.5 Å². The number of rotatable bonds is 3. The fourth-order valence-electron chi connectivity index (χ4n) is 3.07. The summed E-state index contributed by atoms with van der Waals surface area (Å²) in [6.07, 6.45) is 3.68. The fourth-order valence-corrected chi connectivity index (χ4v) is 3.07. The van der Waals surface area contributed by atoms with Gasteiger partial charge >= 0.3 is 0 Å². The zero-order chi connectivity index (χ0) is 15.7. The maximum absolute atomic E-state index is 12.7. The molecule has 0 N–H and O–H groups in total. The van der Waals surface area contributed by atoms with E-state index in [9.17, 15) is 4.79 Å². The average Bonchev–Trinajstić information content (AvgIpc) is 3.05. The number of carbonyl (C=O) groups is 1. The van der Waals surface area contributed by atoms with Gasteiger partial charge in [0.15, 0.2) is 0 Å². The molecule has 116 valence electrons. The van der Waals surface area contributed by atoms with Crippen LogP contribution in [0.15, 0.2) is 18.3 Å². The number of nitrogens with zero attached hydrogens (tertiary/aromatic N) is 5. The molecule has 0 bridgehead atoms. The highest BCUT2D eigenvalue weighted by atomic mass is 16.2. The second kappa shape index (κ2) is 5.87. The van der Waals surface area contributed by atoms with Gasteiger partial charge in [0, 0.05) is 18.4 Å². The number of carbonyl (C=O) groups excluding carboxylic acids is 1. The van der Waals surface area contributed by atoms with E-state index >= 15 is 0 Å². The number of hydrogen-bond acceptors (Lipinski definition) is 4. The van der Waals surface area contributed by atoms with Gasteiger partial charge in [-0.3, -0.25) is 9.48 Å². The Morgan fingerprint density at radius 1 is 1.36 bits per heavy atom. The first-order valence-electron chi connectivity index (χ1n) is 7.66. The highest BCUT2D eigenvalue weighted by molar-refractivity contribution is 5.92. The summed E-state index contributed by atoms with van der Waals surface area (Å²) >= 11 is 0. The Labute approximate surface area is 130 Å². The second-order valence-electron chi connectivity index (χ2n) is 5.89. The topological polar surface area (TPSA) is 63.9 Å². The fraction of sp³-hybridized carbons (Fsp3) is 0.500. The van der Waals surface area contributed by atoms with E-state index in [1.54, 1.807) is 19.2 Å². The van der Waals surface area contributed by atoms with Crippen LogP contribution in [-0.2, 0) is 6.54 Å². The summed E-state index contributed by atoms with van der Waals surface area (Å²) in [6, 6.07) is 3.93. The van der Waals surface area contributed by atoms with Crippen LogP contribution in [-0.4, -0.2) is 43.1 Å². The van der Waals surface area contributed by atoms with E-state index < -0.39 is 0 Å². The SMILES string of the molecule is Cc1cc(C)n(CC2CCCN2C(=O)c2ccnc(C)n2)n1. The van der Waals surface area contributed by atoms with Gasteiger partial charge in [-0.25, -0.2) is 9.97 Å². The molecule has 0 aromatic carbocycles. The number of aryl methyl sites for hydroxylation is 3. The number of hydrogen-bond donors (Lipinski definition) is 0. The molecule has 0 saturated carbocycles. The van der Waals surface area contributed by atoms with Crippen LogP contribution in [0.3, 0.4) is 0 Å². The zero-order valence-electron chi connectivity index (χ0n) is 13.3. The number of likely N-dealkylation sites (tertiary alicyclic amines) is 1. The van der Waals surface area contributed by atoms with Gasteiger partial charge in [0.2, 0.25) is 0 Å². The smallest absolute Gasteiger partial charge is 0.272 e. The van der Waals surface area contributed by atoms with E-state index in [-0.39, 0.29) is 11.9 Å². The normalized spacial score (nSPS) is 18.0. The van der Waals surface area contributed by atoms with Crippen molar-refractivity contribution < 1.29 is 4.79 Å². The van der Waals surface area contributed by atoms with Crippen molar-refractivity contribution in [2.45, 2.75) is 46.2 Å². The van der Waals surface area contributed by atoms with Gasteiger partial charge < -0.3 is 4.90 Å². The minimum Gasteiger partial charge on any atom is -0.332 e. The van der Waals surface area contributed by atoms with Crippen molar-refractivity contribution in [3.8, 4) is 0 Å². The van der Waals surface area contributed by atoms with E-state index in [1.807, 2.05) is 16.5 Å². The molecule has 6 heteroatoms. The highest BCUT2D eigenvalue weighted by Crippen LogP contribution is 2.21. The van der Waals surface area contributed by atoms with Crippen molar-refractivity contribution >= 4 is 5.91 Å². The summed E-state index contributed by atoms with van der Waals surface area (Å²) in [7, 11) is 0. The van der Waals surface area contributed by atoms with Crippen LogP contribution in [0.25, 0.3) is 0 Å². The van der Waals surface area contributed by atoms with Crippen LogP contribution in [0, 0.1) is 20.8 Å². The van der Waals surface area contributed by atoms with E-state index in [1.165, 1.54) is 0 Å². The van der Waals surface area contributed by atoms with Crippen molar-refractivity contribution in [2.75, 3.05) is 6.54 Å². The number of aromatic nitrogens is 4. The molecule has 1 atom stereocenters. The van der Waals surface area contributed by atoms with Crippen molar-refractivity contribution in [1.29, 1.82) is 0 Å². The summed E-state index contributed by atoms with van der Waals surface area (Å²) in [5, 5.41) is 4.51. The minimum atomic E-state index is -0.00506. The zero-order valence-corrected chi connectivity index (χ0v) is 13.3. The van der Waals surface area contributed by atoms with Crippen LogP contribution in [0.5, 0.6) is 0 Å². The van der Waals surface area contributed by atoms with Gasteiger partial charge in [0.25, 0.3) is 5.91 Å². The van der Waals surface area contributed by atoms with Gasteiger partial charge in [-0.05, 0) is 45.7 Å². The maximum atomic E-state index is 12.7. The molecule has 1 fully saturated rings. The van der Waals surface area contributed by atoms with Crippen LogP contribution >= 0.6 is 0 Å². The lowest BCUT2D eigenvalue weighted by molar-refractivity contribution is 0.0714. The molecule has 0 radical (unpaired) electrons. The third-order valence-corrected chi connectivity index (χ3v) is 4.12. The maximum Gasteiger partial charge on any atom is 0.272 e. The Morgan fingerprint density at radius 3 is 2.86 bits per heavy atom. The largest absolute Gasteiger partial charge is 0.332 e. The quantitative estimate of drug-likeness (QED) is 0.868. The third kappa shape index (κ3) is 2.86. The highest BCUT2D eigenvalue weighted by Gasteiger charge is 2.30. The summed E-state index contributed by atoms with van der Waals surface area (Å²) in [5.74, 6) is 0.620. The predicted molar refractivity (Wildman–Crippen MR) is 82.5 cm³/mol. The molecule has 1 amide bonds. The lowest BCUT2D eigenvalue weighted by atomic mass is 10.2. The molecular formula is C16H21N5O. The first kappa shape index (κ1) is 14.7. The standard InChI is InChI=1S/C16H21N5O/c1-11-9-12(2)21(19-11)10-14-5-4-8-20(14)16(22)15-6-7-17-13(3)18-15/h6-7,9,14H,4-5,8,10H2,1-3H3. The molecule has 1 unspecified atom stereocenters. The molecule has 3 heterocycles. The summed E-state index contributed by atoms with van der Waals surface area (Å²) in [6.45, 7) is 7.37. The lowest BCUT2D eigenvalue weighted by Crippen LogP contribution is -2.39. The number of amides is 1. The first-order valence-corrected chi connectivity index (χ1v) is 7.66. The van der Waals surface area contributed by atoms with Crippen LogP contribution in [0.2, 0.25) is 0 Å². The molecule has 6 nitrogen and oxygen atoms in total. The Bertz CT molecular complexity index is 694. The van der Waals surface area contributed by atoms with Gasteiger partial charge in [-0.2, -0.15) is 5.10 Å². The molecule has 3 rings (SSSR count). The lowest BCUT2D eigenvalue weighted by Gasteiger charge is -2.24. The average molecular weight is 299 g/mol. The molecule has 1 saturated heterocycles. The Morgan fingerprint density at radius 2 is 2.18 bits per heavy atom. The van der Waals surface area contributed by atoms with Crippen molar-refractivity contribution in [1.82, 2.24) is 24.6 Å². The molecule has 1 aliphatic rings. The Kier molecular flexibility index (Phi) is 3.92. The van der Waals surface area contributed by atoms with E-state index in [0.717, 1.165) is 37.3 Å². The summed E-state index contributed by atoms with van der Waals surface area (Å²) < 4.78 is 2.00. The van der Waals surface area contributed by atoms with Gasteiger partial charge in [-0.1, -0.05) is 0 Å². The monoisotopic (exact) mass is 299 g/mol. The Balaban J connectivity index is 1.78. The van der Waals surface area contributed by atoms with Crippen LogP contribution in [0.4, 0.5) is 0 Å². The first-order chi connectivity index (χ1) is 10.5.